The highest BCUT2D eigenvalue weighted by molar-refractivity contribution is 4.61. The SMILES string of the molecule is C=C.NN1CC1. The van der Waals surface area contributed by atoms with Gasteiger partial charge in [0.05, 0.1) is 0 Å². The Hall–Kier alpha value is -0.340. The minimum atomic E-state index is 1.10. The summed E-state index contributed by atoms with van der Waals surface area (Å²) in [4.78, 5) is 0. The number of nitrogens with two attached hydrogens (primary N) is 1. The predicted octanol–water partition coefficient (Wildman–Crippen LogP) is -0.0221. The molecule has 1 heterocycles. The molecular formula is C4H10N2. The fraction of sp³-hybridized carbons (Fsp3) is 0.500. The average Bonchev–Trinajstić information content (AvgIpc) is 2.30. The maximum atomic E-state index is 5.06. The van der Waals surface area contributed by atoms with Crippen LogP contribution in [0.1, 0.15) is 0 Å². The van der Waals surface area contributed by atoms with Crippen molar-refractivity contribution in [1.82, 2.24) is 5.01 Å². The average molecular weight is 86.1 g/mol. The summed E-state index contributed by atoms with van der Waals surface area (Å²) in [6.45, 7) is 8.19. The molecule has 1 aliphatic heterocycles. The number of hydrogen-bond donors (Lipinski definition) is 1. The minimum Gasteiger partial charge on any atom is -0.269 e. The van der Waals surface area contributed by atoms with Crippen LogP contribution in [-0.4, -0.2) is 18.1 Å². The molecule has 0 aromatic heterocycles. The molecule has 36 valence electrons. The second-order valence-electron chi connectivity index (χ2n) is 1.04. The van der Waals surface area contributed by atoms with E-state index >= 15 is 0 Å². The van der Waals surface area contributed by atoms with Crippen molar-refractivity contribution in [2.45, 2.75) is 0 Å². The number of hydrazine groups is 1. The molecule has 0 aliphatic carbocycles. The molecule has 0 aromatic carbocycles. The lowest BCUT2D eigenvalue weighted by Gasteiger charge is -1.69. The Balaban J connectivity index is 0.000000112. The highest BCUT2D eigenvalue weighted by Crippen LogP contribution is 1.88. The second kappa shape index (κ2) is 2.87. The number of hydrogen-bond acceptors (Lipinski definition) is 2. The third-order valence-electron chi connectivity index (χ3n) is 0.482. The highest BCUT2D eigenvalue weighted by atomic mass is 15.5. The lowest BCUT2D eigenvalue weighted by Crippen LogP contribution is -2.02. The first-order valence-corrected chi connectivity index (χ1v) is 1.89. The van der Waals surface area contributed by atoms with E-state index in [1.54, 1.807) is 5.01 Å². The maximum absolute atomic E-state index is 5.06. The third-order valence-corrected chi connectivity index (χ3v) is 0.482. The summed E-state index contributed by atoms with van der Waals surface area (Å²) in [6, 6.07) is 0. The molecule has 0 spiro atoms. The lowest BCUT2D eigenvalue weighted by atomic mass is 11.0. The van der Waals surface area contributed by atoms with E-state index in [1.807, 2.05) is 0 Å². The number of nitrogens with zero attached hydrogens (tertiary/aromatic N) is 1. The van der Waals surface area contributed by atoms with E-state index in [9.17, 15) is 0 Å². The Morgan fingerprint density at radius 2 is 1.50 bits per heavy atom. The summed E-state index contributed by atoms with van der Waals surface area (Å²) in [5.74, 6) is 5.06. The normalized spacial score (nSPS) is 18.2. The van der Waals surface area contributed by atoms with E-state index in [0.29, 0.717) is 0 Å². The predicted molar refractivity (Wildman–Crippen MR) is 27.0 cm³/mol. The van der Waals surface area contributed by atoms with E-state index < -0.39 is 0 Å². The van der Waals surface area contributed by atoms with Gasteiger partial charge < -0.3 is 0 Å². The van der Waals surface area contributed by atoms with Crippen LogP contribution in [0.25, 0.3) is 0 Å². The maximum Gasteiger partial charge on any atom is 0.0271 e. The standard InChI is InChI=1S/C2H6N2.C2H4/c3-4-1-2-4;1-2/h1-3H2;1-2H2. The Labute approximate surface area is 38.2 Å². The molecule has 1 saturated heterocycles. The summed E-state index contributed by atoms with van der Waals surface area (Å²) in [5.41, 5.74) is 0. The van der Waals surface area contributed by atoms with E-state index in [4.69, 9.17) is 5.84 Å². The van der Waals surface area contributed by atoms with Crippen molar-refractivity contribution in [3.8, 4) is 0 Å². The number of rotatable bonds is 0. The van der Waals surface area contributed by atoms with Crippen molar-refractivity contribution >= 4 is 0 Å². The van der Waals surface area contributed by atoms with Gasteiger partial charge in [0.2, 0.25) is 0 Å². The molecular weight excluding hydrogens is 76.1 g/mol. The summed E-state index contributed by atoms with van der Waals surface area (Å²) >= 11 is 0. The summed E-state index contributed by atoms with van der Waals surface area (Å²) in [7, 11) is 0. The fourth-order valence-corrected chi connectivity index (χ4v) is 0.0577. The van der Waals surface area contributed by atoms with Gasteiger partial charge in [-0.1, -0.05) is 0 Å². The second-order valence-corrected chi connectivity index (χ2v) is 1.04. The van der Waals surface area contributed by atoms with E-state index in [2.05, 4.69) is 13.2 Å². The van der Waals surface area contributed by atoms with Crippen molar-refractivity contribution in [1.29, 1.82) is 0 Å². The zero-order valence-corrected chi connectivity index (χ0v) is 3.85. The van der Waals surface area contributed by atoms with Crippen molar-refractivity contribution in [2.24, 2.45) is 5.84 Å². The van der Waals surface area contributed by atoms with Crippen LogP contribution in [0.4, 0.5) is 0 Å². The molecule has 1 fully saturated rings. The fourth-order valence-electron chi connectivity index (χ4n) is 0.0577. The summed E-state index contributed by atoms with van der Waals surface area (Å²) in [5, 5.41) is 1.75. The van der Waals surface area contributed by atoms with Gasteiger partial charge >= 0.3 is 0 Å². The molecule has 6 heavy (non-hydrogen) atoms. The van der Waals surface area contributed by atoms with Crippen molar-refractivity contribution in [3.63, 3.8) is 0 Å². The highest BCUT2D eigenvalue weighted by Gasteiger charge is 2.08. The van der Waals surface area contributed by atoms with Gasteiger partial charge in [0.1, 0.15) is 0 Å². The Morgan fingerprint density at radius 1 is 1.33 bits per heavy atom. The van der Waals surface area contributed by atoms with Gasteiger partial charge in [-0.05, 0) is 0 Å². The minimum absolute atomic E-state index is 1.10. The molecule has 2 nitrogen and oxygen atoms in total. The first-order valence-electron chi connectivity index (χ1n) is 1.89. The quantitative estimate of drug-likeness (QED) is 0.255. The molecule has 0 atom stereocenters. The Bertz CT molecular complexity index is 32.5. The van der Waals surface area contributed by atoms with Crippen LogP contribution in [-0.2, 0) is 0 Å². The third kappa shape index (κ3) is 3.66. The molecule has 0 aromatic rings. The van der Waals surface area contributed by atoms with Gasteiger partial charge in [0.15, 0.2) is 0 Å². The zero-order valence-electron chi connectivity index (χ0n) is 3.85. The van der Waals surface area contributed by atoms with Crippen LogP contribution in [0.15, 0.2) is 13.2 Å². The smallest absolute Gasteiger partial charge is 0.0271 e. The molecule has 0 saturated carbocycles. The van der Waals surface area contributed by atoms with Crippen molar-refractivity contribution in [2.75, 3.05) is 13.1 Å². The molecule has 0 amide bonds. The molecule has 1 rings (SSSR count). The monoisotopic (exact) mass is 86.1 g/mol. The van der Waals surface area contributed by atoms with E-state index in [-0.39, 0.29) is 0 Å². The summed E-state index contributed by atoms with van der Waals surface area (Å²) < 4.78 is 0. The van der Waals surface area contributed by atoms with Crippen LogP contribution >= 0.6 is 0 Å². The van der Waals surface area contributed by atoms with Crippen LogP contribution in [0.5, 0.6) is 0 Å². The Kier molecular flexibility index (Phi) is 2.71. The van der Waals surface area contributed by atoms with Gasteiger partial charge in [-0.3, -0.25) is 5.84 Å². The van der Waals surface area contributed by atoms with Gasteiger partial charge in [-0.15, -0.1) is 13.2 Å². The van der Waals surface area contributed by atoms with Crippen LogP contribution in [0.2, 0.25) is 0 Å². The van der Waals surface area contributed by atoms with Gasteiger partial charge in [0, 0.05) is 13.1 Å². The van der Waals surface area contributed by atoms with Crippen LogP contribution in [0, 0.1) is 0 Å². The molecule has 2 N–H and O–H groups in total. The first-order chi connectivity index (χ1) is 2.89. The van der Waals surface area contributed by atoms with Crippen molar-refractivity contribution < 1.29 is 0 Å². The molecule has 0 bridgehead atoms. The van der Waals surface area contributed by atoms with E-state index in [1.165, 1.54) is 0 Å². The van der Waals surface area contributed by atoms with Crippen LogP contribution < -0.4 is 5.84 Å². The lowest BCUT2D eigenvalue weighted by molar-refractivity contribution is 0.602. The summed E-state index contributed by atoms with van der Waals surface area (Å²) in [6.07, 6.45) is 0. The van der Waals surface area contributed by atoms with Crippen molar-refractivity contribution in [3.05, 3.63) is 13.2 Å². The molecule has 2 heteroatoms. The first kappa shape index (κ1) is 5.66. The molecule has 0 radical (unpaired) electrons. The van der Waals surface area contributed by atoms with Gasteiger partial charge in [-0.25, -0.2) is 5.01 Å². The Morgan fingerprint density at radius 3 is 1.50 bits per heavy atom. The molecule has 0 unspecified atom stereocenters. The molecule has 1 aliphatic rings. The largest absolute Gasteiger partial charge is 0.269 e. The zero-order chi connectivity index (χ0) is 4.99. The van der Waals surface area contributed by atoms with Gasteiger partial charge in [-0.2, -0.15) is 0 Å². The topological polar surface area (TPSA) is 29.0 Å². The van der Waals surface area contributed by atoms with E-state index in [0.717, 1.165) is 13.1 Å². The van der Waals surface area contributed by atoms with Gasteiger partial charge in [0.25, 0.3) is 0 Å². The van der Waals surface area contributed by atoms with Crippen LogP contribution in [0.3, 0.4) is 0 Å².